The Morgan fingerprint density at radius 1 is 1.35 bits per heavy atom. The predicted octanol–water partition coefficient (Wildman–Crippen LogP) is 1.42. The van der Waals surface area contributed by atoms with E-state index in [-0.39, 0.29) is 6.04 Å². The maximum absolute atomic E-state index is 13.7. The van der Waals surface area contributed by atoms with Gasteiger partial charge in [-0.1, -0.05) is 0 Å². The number of fused-ring (bicyclic) bond motifs is 1. The van der Waals surface area contributed by atoms with Crippen molar-refractivity contribution in [2.45, 2.75) is 12.2 Å². The molecular formula is C11H12F2N4. The number of hydrogen-bond acceptors (Lipinski definition) is 3. The molecule has 0 radical (unpaired) electrons. The molecule has 1 saturated heterocycles. The molecule has 0 spiro atoms. The Morgan fingerprint density at radius 3 is 3.00 bits per heavy atom. The molecule has 1 fully saturated rings. The molecule has 1 aliphatic heterocycles. The Hall–Kier alpha value is -1.69. The van der Waals surface area contributed by atoms with Gasteiger partial charge in [0.15, 0.2) is 0 Å². The van der Waals surface area contributed by atoms with Crippen LogP contribution in [0.15, 0.2) is 18.5 Å². The molecule has 4 nitrogen and oxygen atoms in total. The lowest BCUT2D eigenvalue weighted by Crippen LogP contribution is -2.29. The summed E-state index contributed by atoms with van der Waals surface area (Å²) in [5.74, 6) is -0.402. The second-order valence-electron chi connectivity index (χ2n) is 4.18. The lowest BCUT2D eigenvalue weighted by Gasteiger charge is -2.15. The van der Waals surface area contributed by atoms with E-state index in [0.29, 0.717) is 29.8 Å². The van der Waals surface area contributed by atoms with Crippen LogP contribution in [0.25, 0.3) is 11.0 Å². The number of alkyl halides is 1. The Bertz CT molecular complexity index is 539. The van der Waals surface area contributed by atoms with Crippen LogP contribution in [0.2, 0.25) is 0 Å². The predicted molar refractivity (Wildman–Crippen MR) is 61.2 cm³/mol. The van der Waals surface area contributed by atoms with Gasteiger partial charge in [0.1, 0.15) is 12.0 Å². The maximum Gasteiger partial charge on any atom is 0.148 e. The number of halogens is 2. The summed E-state index contributed by atoms with van der Waals surface area (Å²) in [5.41, 5.74) is 1.59. The van der Waals surface area contributed by atoms with Gasteiger partial charge < -0.3 is 15.6 Å². The summed E-state index contributed by atoms with van der Waals surface area (Å²) < 4.78 is 27.1. The molecule has 2 unspecified atom stereocenters. The van der Waals surface area contributed by atoms with Crippen molar-refractivity contribution in [3.8, 4) is 0 Å². The van der Waals surface area contributed by atoms with Crippen LogP contribution in [-0.2, 0) is 0 Å². The first-order valence-electron chi connectivity index (χ1n) is 5.48. The smallest absolute Gasteiger partial charge is 0.148 e. The minimum absolute atomic E-state index is 0.293. The highest BCUT2D eigenvalue weighted by atomic mass is 19.1. The highest BCUT2D eigenvalue weighted by Crippen LogP contribution is 2.22. The van der Waals surface area contributed by atoms with Crippen molar-refractivity contribution < 1.29 is 8.78 Å². The van der Waals surface area contributed by atoms with E-state index in [1.54, 1.807) is 6.07 Å². The van der Waals surface area contributed by atoms with Crippen LogP contribution in [-0.4, -0.2) is 35.3 Å². The fourth-order valence-corrected chi connectivity index (χ4v) is 2.05. The summed E-state index contributed by atoms with van der Waals surface area (Å²) in [6.07, 6.45) is 0.507. The first-order valence-corrected chi connectivity index (χ1v) is 5.48. The number of nitrogens with one attached hydrogen (secondary N) is 3. The van der Waals surface area contributed by atoms with Crippen LogP contribution >= 0.6 is 0 Å². The molecule has 3 N–H and O–H groups in total. The summed E-state index contributed by atoms with van der Waals surface area (Å²) >= 11 is 0. The molecule has 0 aliphatic carbocycles. The molecule has 1 aromatic heterocycles. The van der Waals surface area contributed by atoms with Crippen LogP contribution in [0.3, 0.4) is 0 Å². The number of aromatic amines is 1. The average Bonchev–Trinajstić information content (AvgIpc) is 2.89. The highest BCUT2D eigenvalue weighted by Gasteiger charge is 2.27. The third-order valence-electron chi connectivity index (χ3n) is 2.99. The highest BCUT2D eigenvalue weighted by molar-refractivity contribution is 5.79. The maximum atomic E-state index is 13.7. The van der Waals surface area contributed by atoms with E-state index in [4.69, 9.17) is 0 Å². The van der Waals surface area contributed by atoms with E-state index in [9.17, 15) is 8.78 Å². The van der Waals surface area contributed by atoms with Crippen molar-refractivity contribution in [2.24, 2.45) is 0 Å². The first kappa shape index (κ1) is 10.5. The van der Waals surface area contributed by atoms with Gasteiger partial charge in [0.25, 0.3) is 0 Å². The normalized spacial score (nSPS) is 24.4. The summed E-state index contributed by atoms with van der Waals surface area (Å²) in [4.78, 5) is 6.87. The quantitative estimate of drug-likeness (QED) is 0.741. The molecule has 1 aliphatic rings. The number of rotatable bonds is 2. The van der Waals surface area contributed by atoms with Crippen molar-refractivity contribution in [3.63, 3.8) is 0 Å². The van der Waals surface area contributed by atoms with Gasteiger partial charge in [0.2, 0.25) is 0 Å². The summed E-state index contributed by atoms with van der Waals surface area (Å²) in [5, 5.41) is 5.79. The lowest BCUT2D eigenvalue weighted by atomic mass is 10.2. The molecular weight excluding hydrogens is 226 g/mol. The van der Waals surface area contributed by atoms with Crippen LogP contribution in [0, 0.1) is 5.82 Å². The Kier molecular flexibility index (Phi) is 2.44. The van der Waals surface area contributed by atoms with Crippen LogP contribution in [0.1, 0.15) is 0 Å². The lowest BCUT2D eigenvalue weighted by molar-refractivity contribution is 0.342. The van der Waals surface area contributed by atoms with Gasteiger partial charge in [0, 0.05) is 19.2 Å². The minimum Gasteiger partial charge on any atom is -0.376 e. The third-order valence-corrected chi connectivity index (χ3v) is 2.99. The van der Waals surface area contributed by atoms with Gasteiger partial charge in [-0.3, -0.25) is 0 Å². The number of benzene rings is 1. The standard InChI is InChI=1S/C11H12F2N4/c12-6-1-9-10(16-5-15-9)2-8(6)17-11-4-14-3-7(11)13/h1-2,5,7,11,14,17H,3-4H2,(H,15,16). The molecule has 1 aromatic carbocycles. The van der Waals surface area contributed by atoms with E-state index < -0.39 is 12.0 Å². The van der Waals surface area contributed by atoms with E-state index in [1.165, 1.54) is 12.4 Å². The zero-order valence-corrected chi connectivity index (χ0v) is 9.00. The molecule has 2 atom stereocenters. The second-order valence-corrected chi connectivity index (χ2v) is 4.18. The summed E-state index contributed by atoms with van der Waals surface area (Å²) in [6.45, 7) is 0.809. The van der Waals surface area contributed by atoms with Crippen molar-refractivity contribution in [2.75, 3.05) is 18.4 Å². The topological polar surface area (TPSA) is 52.7 Å². The molecule has 6 heteroatoms. The van der Waals surface area contributed by atoms with Crippen LogP contribution in [0.5, 0.6) is 0 Å². The Morgan fingerprint density at radius 2 is 2.24 bits per heavy atom. The van der Waals surface area contributed by atoms with Crippen molar-refractivity contribution in [3.05, 3.63) is 24.3 Å². The Labute approximate surface area is 96.4 Å². The third kappa shape index (κ3) is 1.84. The molecule has 0 amide bonds. The second kappa shape index (κ2) is 3.96. The van der Waals surface area contributed by atoms with Gasteiger partial charge in [-0.15, -0.1) is 0 Å². The van der Waals surface area contributed by atoms with Crippen LogP contribution in [0.4, 0.5) is 14.5 Å². The zero-order valence-electron chi connectivity index (χ0n) is 9.00. The average molecular weight is 238 g/mol. The monoisotopic (exact) mass is 238 g/mol. The molecule has 90 valence electrons. The number of nitrogens with zero attached hydrogens (tertiary/aromatic N) is 1. The molecule has 3 rings (SSSR count). The molecule has 2 aromatic rings. The Balaban J connectivity index is 1.91. The van der Waals surface area contributed by atoms with Gasteiger partial charge in [-0.25, -0.2) is 13.8 Å². The van der Waals surface area contributed by atoms with E-state index in [2.05, 4.69) is 20.6 Å². The van der Waals surface area contributed by atoms with E-state index in [0.717, 1.165) is 0 Å². The van der Waals surface area contributed by atoms with Crippen molar-refractivity contribution >= 4 is 16.7 Å². The van der Waals surface area contributed by atoms with Crippen LogP contribution < -0.4 is 10.6 Å². The number of anilines is 1. The van der Waals surface area contributed by atoms with Crippen molar-refractivity contribution in [1.29, 1.82) is 0 Å². The van der Waals surface area contributed by atoms with Gasteiger partial charge in [-0.05, 0) is 6.07 Å². The summed E-state index contributed by atoms with van der Waals surface area (Å²) in [7, 11) is 0. The fourth-order valence-electron chi connectivity index (χ4n) is 2.05. The SMILES string of the molecule is Fc1cc2[nH]cnc2cc1NC1CNCC1F. The number of aromatic nitrogens is 2. The number of hydrogen-bond donors (Lipinski definition) is 3. The van der Waals surface area contributed by atoms with Gasteiger partial charge >= 0.3 is 0 Å². The molecule has 17 heavy (non-hydrogen) atoms. The first-order chi connectivity index (χ1) is 8.24. The van der Waals surface area contributed by atoms with Gasteiger partial charge in [-0.2, -0.15) is 0 Å². The number of H-pyrrole nitrogens is 1. The minimum atomic E-state index is -0.996. The van der Waals surface area contributed by atoms with Gasteiger partial charge in [0.05, 0.1) is 29.1 Å². The largest absolute Gasteiger partial charge is 0.376 e. The van der Waals surface area contributed by atoms with E-state index >= 15 is 0 Å². The molecule has 0 bridgehead atoms. The van der Waals surface area contributed by atoms with E-state index in [1.807, 2.05) is 0 Å². The molecule has 0 saturated carbocycles. The molecule has 2 heterocycles. The number of imidazole rings is 1. The summed E-state index contributed by atoms with van der Waals surface area (Å²) in [6, 6.07) is 2.56. The fraction of sp³-hybridized carbons (Fsp3) is 0.364. The van der Waals surface area contributed by atoms with Crippen molar-refractivity contribution in [1.82, 2.24) is 15.3 Å². The zero-order chi connectivity index (χ0) is 11.8.